The number of halogens is 4. The summed E-state index contributed by atoms with van der Waals surface area (Å²) in [6.07, 6.45) is 0. The van der Waals surface area contributed by atoms with Crippen LogP contribution < -0.4 is 5.73 Å². The lowest BCUT2D eigenvalue weighted by molar-refractivity contribution is 0.103. The second kappa shape index (κ2) is 4.93. The quantitative estimate of drug-likeness (QED) is 0.521. The molecule has 0 heterocycles. The van der Waals surface area contributed by atoms with Crippen molar-refractivity contribution < 1.29 is 18.0 Å². The van der Waals surface area contributed by atoms with E-state index in [2.05, 4.69) is 0 Å². The van der Waals surface area contributed by atoms with Crippen molar-refractivity contribution in [1.29, 1.82) is 0 Å². The van der Waals surface area contributed by atoms with Crippen LogP contribution in [0.5, 0.6) is 0 Å². The van der Waals surface area contributed by atoms with Gasteiger partial charge in [-0.1, -0.05) is 11.6 Å². The molecule has 0 aliphatic rings. The summed E-state index contributed by atoms with van der Waals surface area (Å²) in [4.78, 5) is 12.0. The molecule has 0 amide bonds. The van der Waals surface area contributed by atoms with Gasteiger partial charge in [0.15, 0.2) is 23.2 Å². The van der Waals surface area contributed by atoms with E-state index < -0.39 is 28.8 Å². The molecule has 0 spiro atoms. The maximum absolute atomic E-state index is 13.5. The summed E-state index contributed by atoms with van der Waals surface area (Å²) in [5.41, 5.74) is 5.12. The van der Waals surface area contributed by atoms with E-state index >= 15 is 0 Å². The minimum atomic E-state index is -1.69. The average molecular weight is 286 g/mol. The zero-order chi connectivity index (χ0) is 14.2. The standard InChI is InChI=1S/C13H7ClF3NO/c14-8-3-1-6(5-10(8)18)13(19)7-2-4-9(15)12(17)11(7)16/h1-5H,18H2. The van der Waals surface area contributed by atoms with Crippen molar-refractivity contribution >= 4 is 23.1 Å². The van der Waals surface area contributed by atoms with E-state index in [4.69, 9.17) is 17.3 Å². The summed E-state index contributed by atoms with van der Waals surface area (Å²) in [5, 5.41) is 0.238. The van der Waals surface area contributed by atoms with Gasteiger partial charge in [-0.15, -0.1) is 0 Å². The van der Waals surface area contributed by atoms with Crippen LogP contribution in [0.2, 0.25) is 5.02 Å². The molecule has 2 rings (SSSR count). The molecule has 0 fully saturated rings. The third-order valence-corrected chi connectivity index (χ3v) is 2.88. The van der Waals surface area contributed by atoms with Crippen molar-refractivity contribution in [2.45, 2.75) is 0 Å². The van der Waals surface area contributed by atoms with Gasteiger partial charge in [0.05, 0.1) is 16.3 Å². The molecule has 0 unspecified atom stereocenters. The van der Waals surface area contributed by atoms with E-state index in [9.17, 15) is 18.0 Å². The molecule has 0 saturated carbocycles. The Kier molecular flexibility index (Phi) is 3.48. The first kappa shape index (κ1) is 13.4. The topological polar surface area (TPSA) is 43.1 Å². The molecule has 0 bridgehead atoms. The molecule has 2 N–H and O–H groups in total. The van der Waals surface area contributed by atoms with Crippen LogP contribution in [0.4, 0.5) is 18.9 Å². The van der Waals surface area contributed by atoms with Gasteiger partial charge in [-0.05, 0) is 30.3 Å². The van der Waals surface area contributed by atoms with Crippen LogP contribution >= 0.6 is 11.6 Å². The fraction of sp³-hybridized carbons (Fsp3) is 0. The lowest BCUT2D eigenvalue weighted by atomic mass is 10.0. The Bertz CT molecular complexity index is 673. The number of benzene rings is 2. The minimum absolute atomic E-state index is 0.0341. The number of carbonyl (C=O) groups is 1. The van der Waals surface area contributed by atoms with Crippen molar-refractivity contribution in [3.8, 4) is 0 Å². The van der Waals surface area contributed by atoms with Crippen LogP contribution in [0.25, 0.3) is 0 Å². The van der Waals surface area contributed by atoms with Gasteiger partial charge >= 0.3 is 0 Å². The molecule has 0 saturated heterocycles. The van der Waals surface area contributed by atoms with Crippen molar-refractivity contribution in [3.05, 3.63) is 63.9 Å². The van der Waals surface area contributed by atoms with Crippen LogP contribution in [0.1, 0.15) is 15.9 Å². The zero-order valence-electron chi connectivity index (χ0n) is 9.38. The Morgan fingerprint density at radius 3 is 2.37 bits per heavy atom. The smallest absolute Gasteiger partial charge is 0.196 e. The third kappa shape index (κ3) is 2.42. The molecule has 6 heteroatoms. The highest BCUT2D eigenvalue weighted by Crippen LogP contribution is 2.23. The molecule has 0 atom stereocenters. The number of anilines is 1. The molecule has 0 aliphatic heterocycles. The third-order valence-electron chi connectivity index (χ3n) is 2.54. The fourth-order valence-electron chi connectivity index (χ4n) is 1.54. The minimum Gasteiger partial charge on any atom is -0.398 e. The summed E-state index contributed by atoms with van der Waals surface area (Å²) >= 11 is 5.69. The summed E-state index contributed by atoms with van der Waals surface area (Å²) in [7, 11) is 0. The second-order valence-electron chi connectivity index (χ2n) is 3.79. The van der Waals surface area contributed by atoms with Crippen LogP contribution in [0, 0.1) is 17.5 Å². The molecule has 2 nitrogen and oxygen atoms in total. The number of rotatable bonds is 2. The summed E-state index contributed by atoms with van der Waals surface area (Å²) in [5.74, 6) is -5.38. The van der Waals surface area contributed by atoms with Crippen LogP contribution in [-0.2, 0) is 0 Å². The highest BCUT2D eigenvalue weighted by atomic mass is 35.5. The SMILES string of the molecule is Nc1cc(C(=O)c2ccc(F)c(F)c2F)ccc1Cl. The first-order valence-corrected chi connectivity index (χ1v) is 5.53. The normalized spacial score (nSPS) is 10.5. The Morgan fingerprint density at radius 2 is 1.74 bits per heavy atom. The van der Waals surface area contributed by atoms with Crippen molar-refractivity contribution in [1.82, 2.24) is 0 Å². The Hall–Kier alpha value is -2.01. The molecule has 2 aromatic rings. The number of carbonyl (C=O) groups excluding carboxylic acids is 1. The maximum Gasteiger partial charge on any atom is 0.196 e. The van der Waals surface area contributed by atoms with Gasteiger partial charge in [-0.3, -0.25) is 4.79 Å². The van der Waals surface area contributed by atoms with Gasteiger partial charge in [-0.25, -0.2) is 13.2 Å². The van der Waals surface area contributed by atoms with Crippen molar-refractivity contribution in [2.24, 2.45) is 0 Å². The van der Waals surface area contributed by atoms with Crippen LogP contribution in [0.3, 0.4) is 0 Å². The van der Waals surface area contributed by atoms with Gasteiger partial charge in [0.2, 0.25) is 0 Å². The first-order chi connectivity index (χ1) is 8.91. The Morgan fingerprint density at radius 1 is 1.05 bits per heavy atom. The van der Waals surface area contributed by atoms with E-state index in [1.165, 1.54) is 18.2 Å². The number of hydrogen-bond acceptors (Lipinski definition) is 2. The Labute approximate surface area is 111 Å². The van der Waals surface area contributed by atoms with Crippen LogP contribution in [-0.4, -0.2) is 5.78 Å². The maximum atomic E-state index is 13.5. The predicted octanol–water partition coefficient (Wildman–Crippen LogP) is 3.57. The van der Waals surface area contributed by atoms with E-state index in [0.29, 0.717) is 6.07 Å². The monoisotopic (exact) mass is 285 g/mol. The number of nitrogens with two attached hydrogens (primary N) is 1. The van der Waals surface area contributed by atoms with Crippen molar-refractivity contribution in [3.63, 3.8) is 0 Å². The van der Waals surface area contributed by atoms with Crippen LogP contribution in [0.15, 0.2) is 30.3 Å². The molecular formula is C13H7ClF3NO. The largest absolute Gasteiger partial charge is 0.398 e. The lowest BCUT2D eigenvalue weighted by Gasteiger charge is -2.06. The summed E-state index contributed by atoms with van der Waals surface area (Å²) in [6.45, 7) is 0. The number of hydrogen-bond donors (Lipinski definition) is 1. The number of ketones is 1. The van der Waals surface area contributed by atoms with Gasteiger partial charge in [-0.2, -0.15) is 0 Å². The average Bonchev–Trinajstić information content (AvgIpc) is 2.39. The fourth-order valence-corrected chi connectivity index (χ4v) is 1.66. The van der Waals surface area contributed by atoms with Gasteiger partial charge in [0.1, 0.15) is 0 Å². The molecule has 0 aliphatic carbocycles. The highest BCUT2D eigenvalue weighted by molar-refractivity contribution is 6.33. The van der Waals surface area contributed by atoms with Gasteiger partial charge in [0.25, 0.3) is 0 Å². The zero-order valence-corrected chi connectivity index (χ0v) is 10.1. The summed E-state index contributed by atoms with van der Waals surface area (Å²) < 4.78 is 39.3. The highest BCUT2D eigenvalue weighted by Gasteiger charge is 2.20. The molecule has 98 valence electrons. The van der Waals surface area contributed by atoms with Gasteiger partial charge < -0.3 is 5.73 Å². The molecule has 19 heavy (non-hydrogen) atoms. The van der Waals surface area contributed by atoms with E-state index in [-0.39, 0.29) is 16.3 Å². The Balaban J connectivity index is 2.50. The number of nitrogen functional groups attached to an aromatic ring is 1. The molecule has 2 aromatic carbocycles. The summed E-state index contributed by atoms with van der Waals surface area (Å²) in [6, 6.07) is 5.49. The van der Waals surface area contributed by atoms with E-state index in [1.807, 2.05) is 0 Å². The van der Waals surface area contributed by atoms with E-state index in [0.717, 1.165) is 6.07 Å². The molecule has 0 aromatic heterocycles. The lowest BCUT2D eigenvalue weighted by Crippen LogP contribution is -2.07. The van der Waals surface area contributed by atoms with Crippen molar-refractivity contribution in [2.75, 3.05) is 5.73 Å². The predicted molar refractivity (Wildman–Crippen MR) is 65.6 cm³/mol. The first-order valence-electron chi connectivity index (χ1n) is 5.15. The molecular weight excluding hydrogens is 279 g/mol. The van der Waals surface area contributed by atoms with E-state index in [1.54, 1.807) is 0 Å². The van der Waals surface area contributed by atoms with Gasteiger partial charge in [0, 0.05) is 5.56 Å². The molecule has 0 radical (unpaired) electrons. The second-order valence-corrected chi connectivity index (χ2v) is 4.20.